The first kappa shape index (κ1) is 15.1. The first-order valence-corrected chi connectivity index (χ1v) is 7.33. The Kier molecular flexibility index (Phi) is 4.02. The summed E-state index contributed by atoms with van der Waals surface area (Å²) in [4.78, 5) is 10.7. The van der Waals surface area contributed by atoms with Crippen LogP contribution < -0.4 is 0 Å². The fourth-order valence-corrected chi connectivity index (χ4v) is 2.78. The maximum atomic E-state index is 13.2. The van der Waals surface area contributed by atoms with Crippen molar-refractivity contribution in [2.24, 2.45) is 0 Å². The van der Waals surface area contributed by atoms with Crippen molar-refractivity contribution in [3.05, 3.63) is 64.0 Å². The average Bonchev–Trinajstić information content (AvgIpc) is 2.98. The van der Waals surface area contributed by atoms with E-state index in [4.69, 9.17) is 0 Å². The molecule has 3 rings (SSSR count). The van der Waals surface area contributed by atoms with Crippen molar-refractivity contribution in [1.29, 1.82) is 0 Å². The first-order valence-electron chi connectivity index (χ1n) is 6.52. The molecule has 0 N–H and O–H groups in total. The molecule has 1 heterocycles. The maximum Gasteiger partial charge on any atom is 0.286 e. The van der Waals surface area contributed by atoms with Crippen LogP contribution in [0.1, 0.15) is 5.56 Å². The summed E-state index contributed by atoms with van der Waals surface area (Å²) in [6.45, 7) is 1.96. The third-order valence-corrected chi connectivity index (χ3v) is 4.04. The van der Waals surface area contributed by atoms with Crippen LogP contribution in [0.4, 0.5) is 10.1 Å². The highest BCUT2D eigenvalue weighted by atomic mass is 32.2. The van der Waals surface area contributed by atoms with E-state index < -0.39 is 10.7 Å². The molecule has 2 aromatic carbocycles. The minimum atomic E-state index is -0.667. The molecule has 0 aliphatic carbocycles. The molecule has 0 unspecified atom stereocenters. The Morgan fingerprint density at radius 1 is 1.22 bits per heavy atom. The van der Waals surface area contributed by atoms with E-state index in [0.29, 0.717) is 5.16 Å². The standard InChI is InChI=1S/C14H10FN5O2S/c1-9-2-5-11(6-3-9)19-14(16-17-18-19)23-13-7-4-10(15)8-12(13)20(21)22/h2-8H,1H3. The molecule has 0 spiro atoms. The lowest BCUT2D eigenvalue weighted by molar-refractivity contribution is -0.387. The summed E-state index contributed by atoms with van der Waals surface area (Å²) in [5.74, 6) is -0.667. The molecule has 0 radical (unpaired) electrons. The fraction of sp³-hybridized carbons (Fsp3) is 0.0714. The number of tetrazole rings is 1. The Hall–Kier alpha value is -2.81. The van der Waals surface area contributed by atoms with Crippen molar-refractivity contribution in [1.82, 2.24) is 20.2 Å². The van der Waals surface area contributed by atoms with Gasteiger partial charge in [0.25, 0.3) is 5.69 Å². The van der Waals surface area contributed by atoms with Crippen molar-refractivity contribution >= 4 is 17.4 Å². The zero-order valence-electron chi connectivity index (χ0n) is 11.9. The summed E-state index contributed by atoms with van der Waals surface area (Å²) in [6, 6.07) is 10.9. The summed E-state index contributed by atoms with van der Waals surface area (Å²) >= 11 is 1.00. The SMILES string of the molecule is Cc1ccc(-n2nnnc2Sc2ccc(F)cc2[N+](=O)[O-])cc1. The lowest BCUT2D eigenvalue weighted by Crippen LogP contribution is -1.99. The highest BCUT2D eigenvalue weighted by Gasteiger charge is 2.19. The van der Waals surface area contributed by atoms with Crippen LogP contribution in [0.15, 0.2) is 52.5 Å². The molecule has 23 heavy (non-hydrogen) atoms. The summed E-state index contributed by atoms with van der Waals surface area (Å²) in [7, 11) is 0. The predicted molar refractivity (Wildman–Crippen MR) is 81.1 cm³/mol. The molecule has 0 amide bonds. The number of halogens is 1. The Bertz CT molecular complexity index is 866. The Morgan fingerprint density at radius 2 is 1.96 bits per heavy atom. The number of nitro groups is 1. The van der Waals surface area contributed by atoms with E-state index in [0.717, 1.165) is 35.1 Å². The highest BCUT2D eigenvalue weighted by molar-refractivity contribution is 7.99. The maximum absolute atomic E-state index is 13.2. The number of aryl methyl sites for hydroxylation is 1. The van der Waals surface area contributed by atoms with Crippen LogP contribution in [-0.4, -0.2) is 25.1 Å². The van der Waals surface area contributed by atoms with Gasteiger partial charge in [0.1, 0.15) is 5.82 Å². The smallest absolute Gasteiger partial charge is 0.258 e. The Morgan fingerprint density at radius 3 is 2.65 bits per heavy atom. The van der Waals surface area contributed by atoms with Crippen molar-refractivity contribution in [3.8, 4) is 5.69 Å². The number of hydrogen-bond acceptors (Lipinski definition) is 6. The molecule has 7 nitrogen and oxygen atoms in total. The molecule has 0 aliphatic rings. The second-order valence-electron chi connectivity index (χ2n) is 4.68. The number of rotatable bonds is 4. The number of benzene rings is 2. The normalized spacial score (nSPS) is 10.7. The summed E-state index contributed by atoms with van der Waals surface area (Å²) in [6.07, 6.45) is 0. The summed E-state index contributed by atoms with van der Waals surface area (Å²) in [5, 5.41) is 22.8. The third kappa shape index (κ3) is 3.19. The van der Waals surface area contributed by atoms with Gasteiger partial charge in [-0.15, -0.1) is 5.10 Å². The van der Waals surface area contributed by atoms with Gasteiger partial charge in [0.15, 0.2) is 0 Å². The van der Waals surface area contributed by atoms with Crippen molar-refractivity contribution in [2.75, 3.05) is 0 Å². The minimum Gasteiger partial charge on any atom is -0.258 e. The Balaban J connectivity index is 1.98. The molecule has 9 heteroatoms. The zero-order valence-corrected chi connectivity index (χ0v) is 12.7. The largest absolute Gasteiger partial charge is 0.286 e. The van der Waals surface area contributed by atoms with Crippen molar-refractivity contribution in [3.63, 3.8) is 0 Å². The van der Waals surface area contributed by atoms with Gasteiger partial charge in [0, 0.05) is 0 Å². The lowest BCUT2D eigenvalue weighted by Gasteiger charge is -2.05. The van der Waals surface area contributed by atoms with Crippen LogP contribution in [0, 0.1) is 22.9 Å². The van der Waals surface area contributed by atoms with E-state index in [-0.39, 0.29) is 10.6 Å². The van der Waals surface area contributed by atoms with E-state index in [1.165, 1.54) is 10.7 Å². The van der Waals surface area contributed by atoms with Crippen LogP contribution in [0.5, 0.6) is 0 Å². The van der Waals surface area contributed by atoms with Gasteiger partial charge in [-0.3, -0.25) is 10.1 Å². The number of nitrogens with zero attached hydrogens (tertiary/aromatic N) is 5. The van der Waals surface area contributed by atoms with Crippen LogP contribution in [0.2, 0.25) is 0 Å². The lowest BCUT2D eigenvalue weighted by atomic mass is 10.2. The van der Waals surface area contributed by atoms with Crippen molar-refractivity contribution in [2.45, 2.75) is 17.0 Å². The molecule has 0 fully saturated rings. The molecule has 0 saturated heterocycles. The van der Waals surface area contributed by atoms with Gasteiger partial charge < -0.3 is 0 Å². The second kappa shape index (κ2) is 6.13. The Labute approximate surface area is 134 Å². The quantitative estimate of drug-likeness (QED) is 0.539. The van der Waals surface area contributed by atoms with Crippen LogP contribution in [-0.2, 0) is 0 Å². The van der Waals surface area contributed by atoms with Gasteiger partial charge in [-0.05, 0) is 53.4 Å². The van der Waals surface area contributed by atoms with E-state index in [2.05, 4.69) is 15.5 Å². The monoisotopic (exact) mass is 331 g/mol. The molecule has 0 atom stereocenters. The van der Waals surface area contributed by atoms with Gasteiger partial charge in [-0.1, -0.05) is 17.7 Å². The van der Waals surface area contributed by atoms with Crippen LogP contribution in [0.3, 0.4) is 0 Å². The second-order valence-corrected chi connectivity index (χ2v) is 5.69. The van der Waals surface area contributed by atoms with Gasteiger partial charge in [-0.25, -0.2) is 4.39 Å². The number of aromatic nitrogens is 4. The van der Waals surface area contributed by atoms with E-state index in [9.17, 15) is 14.5 Å². The van der Waals surface area contributed by atoms with E-state index in [1.54, 1.807) is 0 Å². The van der Waals surface area contributed by atoms with E-state index >= 15 is 0 Å². The predicted octanol–water partition coefficient (Wildman–Crippen LogP) is 3.17. The average molecular weight is 331 g/mol. The number of nitro benzene ring substituents is 1. The van der Waals surface area contributed by atoms with Crippen LogP contribution >= 0.6 is 11.8 Å². The molecule has 1 aromatic heterocycles. The third-order valence-electron chi connectivity index (χ3n) is 3.04. The highest BCUT2D eigenvalue weighted by Crippen LogP contribution is 2.34. The summed E-state index contributed by atoms with van der Waals surface area (Å²) < 4.78 is 14.7. The van der Waals surface area contributed by atoms with Gasteiger partial charge in [0.2, 0.25) is 5.16 Å². The molecule has 3 aromatic rings. The molecular weight excluding hydrogens is 321 g/mol. The van der Waals surface area contributed by atoms with Gasteiger partial charge >= 0.3 is 0 Å². The molecule has 0 bridgehead atoms. The number of hydrogen-bond donors (Lipinski definition) is 0. The van der Waals surface area contributed by atoms with E-state index in [1.807, 2.05) is 31.2 Å². The molecule has 116 valence electrons. The van der Waals surface area contributed by atoms with Crippen molar-refractivity contribution < 1.29 is 9.31 Å². The van der Waals surface area contributed by atoms with Crippen LogP contribution in [0.25, 0.3) is 5.69 Å². The minimum absolute atomic E-state index is 0.263. The molecule has 0 aliphatic heterocycles. The topological polar surface area (TPSA) is 86.7 Å². The van der Waals surface area contributed by atoms with Gasteiger partial charge in [-0.2, -0.15) is 4.68 Å². The molecular formula is C14H10FN5O2S. The first-order chi connectivity index (χ1) is 11.0. The summed E-state index contributed by atoms with van der Waals surface area (Å²) in [5.41, 5.74) is 1.49. The zero-order chi connectivity index (χ0) is 16.4. The fourth-order valence-electron chi connectivity index (χ4n) is 1.91. The van der Waals surface area contributed by atoms with Gasteiger partial charge in [0.05, 0.1) is 21.6 Å². The molecule has 0 saturated carbocycles.